The van der Waals surface area contributed by atoms with E-state index in [1.54, 1.807) is 10.8 Å². The highest BCUT2D eigenvalue weighted by molar-refractivity contribution is 6.21. The molecule has 2 atom stereocenters. The van der Waals surface area contributed by atoms with E-state index in [9.17, 15) is 4.79 Å². The minimum absolute atomic E-state index is 0.0341. The van der Waals surface area contributed by atoms with E-state index in [4.69, 9.17) is 17.0 Å². The van der Waals surface area contributed by atoms with Crippen molar-refractivity contribution in [3.8, 4) is 11.1 Å². The van der Waals surface area contributed by atoms with Crippen molar-refractivity contribution in [3.05, 3.63) is 71.4 Å². The summed E-state index contributed by atoms with van der Waals surface area (Å²) in [5, 5.41) is 18.9. The number of carbonyl (C=O) groups is 1. The molecule has 2 unspecified atom stereocenters. The lowest BCUT2D eigenvalue weighted by atomic mass is 9.80. The van der Waals surface area contributed by atoms with E-state index >= 15 is 0 Å². The predicted octanol–water partition coefficient (Wildman–Crippen LogP) is 4.84. The molecule has 9 heteroatoms. The molecule has 5 rings (SSSR count). The van der Waals surface area contributed by atoms with Gasteiger partial charge in [0.25, 0.3) is 5.91 Å². The van der Waals surface area contributed by atoms with Crippen LogP contribution in [-0.4, -0.2) is 50.2 Å². The number of carbonyl (C=O) groups excluding carboxylic acids is 1. The zero-order valence-electron chi connectivity index (χ0n) is 24.4. The van der Waals surface area contributed by atoms with Crippen molar-refractivity contribution in [1.29, 1.82) is 5.41 Å². The molecule has 1 aliphatic carbocycles. The van der Waals surface area contributed by atoms with Gasteiger partial charge in [-0.25, -0.2) is 0 Å². The number of aryl methyl sites for hydroxylation is 2. The molecule has 2 aliphatic rings. The van der Waals surface area contributed by atoms with Crippen LogP contribution in [0.3, 0.4) is 0 Å². The number of hydrogen-bond acceptors (Lipinski definition) is 5. The lowest BCUT2D eigenvalue weighted by Crippen LogP contribution is -2.69. The number of nitrogens with one attached hydrogen (secondary N) is 4. The smallest absolute Gasteiger partial charge is 0.251 e. The Hall–Kier alpha value is -2.94. The van der Waals surface area contributed by atoms with Gasteiger partial charge in [-0.15, -0.1) is 11.6 Å². The van der Waals surface area contributed by atoms with Crippen LogP contribution < -0.4 is 21.6 Å². The lowest BCUT2D eigenvalue weighted by molar-refractivity contribution is 0.0932. The molecule has 1 saturated carbocycles. The Morgan fingerprint density at radius 2 is 1.80 bits per heavy atom. The average Bonchev–Trinajstić information content (AvgIpc) is 3.29. The molecular weight excluding hydrogens is 534 g/mol. The highest BCUT2D eigenvalue weighted by Crippen LogP contribution is 2.33. The van der Waals surface area contributed by atoms with Crippen LogP contribution in [0.4, 0.5) is 0 Å². The Balaban J connectivity index is 1.33. The molecule has 8 nitrogen and oxygen atoms in total. The first-order chi connectivity index (χ1) is 19.8. The summed E-state index contributed by atoms with van der Waals surface area (Å²) in [6.07, 6.45) is 16.6. The zero-order chi connectivity index (χ0) is 28.8. The fourth-order valence-corrected chi connectivity index (χ4v) is 6.72. The Bertz CT molecular complexity index is 1390. The normalized spacial score (nSPS) is 21.4. The van der Waals surface area contributed by atoms with Gasteiger partial charge < -0.3 is 14.5 Å². The number of nitrogens with zero attached hydrogens (tertiary/aromatic N) is 3. The van der Waals surface area contributed by atoms with Gasteiger partial charge in [-0.1, -0.05) is 44.9 Å². The number of amides is 1. The van der Waals surface area contributed by atoms with E-state index in [0.29, 0.717) is 24.3 Å². The first-order valence-electron chi connectivity index (χ1n) is 15.1. The largest absolute Gasteiger partial charge is 0.349 e. The number of halogens is 1. The quantitative estimate of drug-likeness (QED) is 0.315. The molecule has 0 radical (unpaired) electrons. The topological polar surface area (TPSA) is 99.8 Å². The van der Waals surface area contributed by atoms with Crippen LogP contribution in [0.5, 0.6) is 0 Å². The number of alkyl halides is 1. The maximum atomic E-state index is 13.6. The zero-order valence-corrected chi connectivity index (χ0v) is 25.1. The molecule has 3 heterocycles. The fraction of sp³-hybridized carbons (Fsp3) is 0.531. The van der Waals surface area contributed by atoms with Gasteiger partial charge in [0, 0.05) is 55.5 Å². The molecule has 41 heavy (non-hydrogen) atoms. The monoisotopic (exact) mass is 577 g/mol. The Morgan fingerprint density at radius 3 is 2.49 bits per heavy atom. The molecule has 2 fully saturated rings. The summed E-state index contributed by atoms with van der Waals surface area (Å²) in [4.78, 5) is 17.9. The van der Waals surface area contributed by atoms with E-state index in [2.05, 4.69) is 27.0 Å². The highest BCUT2D eigenvalue weighted by atomic mass is 35.5. The van der Waals surface area contributed by atoms with Crippen molar-refractivity contribution in [2.24, 2.45) is 7.05 Å². The summed E-state index contributed by atoms with van der Waals surface area (Å²) in [6, 6.07) is 9.98. The van der Waals surface area contributed by atoms with Gasteiger partial charge in [0.05, 0.1) is 18.1 Å². The molecule has 0 bridgehead atoms. The first-order valence-corrected chi connectivity index (χ1v) is 15.5. The molecule has 1 aliphatic heterocycles. The highest BCUT2D eigenvalue weighted by Gasteiger charge is 2.41. The second-order valence-electron chi connectivity index (χ2n) is 11.9. The molecule has 3 aromatic rings. The van der Waals surface area contributed by atoms with Crippen LogP contribution in [0, 0.1) is 12.3 Å². The fourth-order valence-electron chi connectivity index (χ4n) is 6.35. The van der Waals surface area contributed by atoms with Crippen molar-refractivity contribution in [3.63, 3.8) is 0 Å². The van der Waals surface area contributed by atoms with Crippen LogP contribution in [0.1, 0.15) is 79.4 Å². The number of benzene rings is 1. The Kier molecular flexibility index (Phi) is 9.63. The minimum atomic E-state index is -0.111. The summed E-state index contributed by atoms with van der Waals surface area (Å²) in [5.41, 5.74) is 4.78. The van der Waals surface area contributed by atoms with Gasteiger partial charge in [0.1, 0.15) is 0 Å². The van der Waals surface area contributed by atoms with Gasteiger partial charge in [0.2, 0.25) is 5.62 Å². The molecular formula is C32H44ClN7O. The van der Waals surface area contributed by atoms with E-state index in [0.717, 1.165) is 41.8 Å². The van der Waals surface area contributed by atoms with Crippen LogP contribution in [0.25, 0.3) is 11.1 Å². The molecule has 1 saturated heterocycles. The van der Waals surface area contributed by atoms with Gasteiger partial charge >= 0.3 is 0 Å². The van der Waals surface area contributed by atoms with E-state index in [-0.39, 0.29) is 23.0 Å². The maximum Gasteiger partial charge on any atom is 0.251 e. The Labute approximate surface area is 248 Å². The first kappa shape index (κ1) is 29.5. The SMILES string of the molecule is Cc1cc(-c2cc(Cn3ccn(C)c3=N)cc(C(=O)NCC3NCC(Cl)C4(CCCCCCCCC4)N3)c2)ccn1. The van der Waals surface area contributed by atoms with Crippen LogP contribution in [-0.2, 0) is 13.6 Å². The number of aromatic nitrogens is 3. The van der Waals surface area contributed by atoms with Crippen LogP contribution >= 0.6 is 11.6 Å². The standard InChI is InChI=1S/C32H44ClN7O/c1-23-16-25(10-13-35-23)26-17-24(22-40-15-14-39(2)31(40)34)18-27(19-26)30(41)37-21-29-36-20-28(33)32(38-29)11-8-6-4-3-5-7-9-12-32/h10,13-19,28-29,34,36,38H,3-9,11-12,20-22H2,1-2H3,(H,37,41). The second-order valence-corrected chi connectivity index (χ2v) is 12.4. The summed E-state index contributed by atoms with van der Waals surface area (Å²) in [5.74, 6) is -0.111. The second kappa shape index (κ2) is 13.4. The summed E-state index contributed by atoms with van der Waals surface area (Å²) in [6.45, 7) is 3.68. The summed E-state index contributed by atoms with van der Waals surface area (Å²) >= 11 is 6.95. The molecule has 1 spiro atoms. The van der Waals surface area contributed by atoms with Crippen molar-refractivity contribution >= 4 is 17.5 Å². The van der Waals surface area contributed by atoms with Gasteiger partial charge in [-0.3, -0.25) is 25.8 Å². The third-order valence-corrected chi connectivity index (χ3v) is 9.30. The van der Waals surface area contributed by atoms with Crippen LogP contribution in [0.15, 0.2) is 48.9 Å². The summed E-state index contributed by atoms with van der Waals surface area (Å²) < 4.78 is 3.64. The average molecular weight is 578 g/mol. The van der Waals surface area contributed by atoms with Crippen molar-refractivity contribution < 1.29 is 4.79 Å². The third-order valence-electron chi connectivity index (χ3n) is 8.73. The van der Waals surface area contributed by atoms with Crippen molar-refractivity contribution in [2.75, 3.05) is 13.1 Å². The van der Waals surface area contributed by atoms with E-state index < -0.39 is 0 Å². The van der Waals surface area contributed by atoms with Gasteiger partial charge in [0.15, 0.2) is 0 Å². The molecule has 1 aromatic carbocycles. The van der Waals surface area contributed by atoms with Crippen molar-refractivity contribution in [1.82, 2.24) is 30.1 Å². The molecule has 220 valence electrons. The number of rotatable bonds is 6. The molecule has 1 amide bonds. The predicted molar refractivity (Wildman–Crippen MR) is 164 cm³/mol. The Morgan fingerprint density at radius 1 is 1.07 bits per heavy atom. The van der Waals surface area contributed by atoms with E-state index in [1.165, 1.54) is 44.9 Å². The third kappa shape index (κ3) is 7.29. The number of pyridine rings is 1. The lowest BCUT2D eigenvalue weighted by Gasteiger charge is -2.47. The van der Waals surface area contributed by atoms with Crippen LogP contribution in [0.2, 0.25) is 0 Å². The maximum absolute atomic E-state index is 13.6. The molecule has 4 N–H and O–H groups in total. The van der Waals surface area contributed by atoms with Gasteiger partial charge in [-0.2, -0.15) is 0 Å². The van der Waals surface area contributed by atoms with Gasteiger partial charge in [-0.05, 0) is 66.8 Å². The molecule has 2 aromatic heterocycles. The minimum Gasteiger partial charge on any atom is -0.349 e. The van der Waals surface area contributed by atoms with E-state index in [1.807, 2.05) is 55.2 Å². The number of imidazole rings is 1. The van der Waals surface area contributed by atoms with Crippen molar-refractivity contribution in [2.45, 2.75) is 88.3 Å². The number of hydrogen-bond donors (Lipinski definition) is 4. The summed E-state index contributed by atoms with van der Waals surface area (Å²) in [7, 11) is 1.86.